The minimum atomic E-state index is -0.0765. The summed E-state index contributed by atoms with van der Waals surface area (Å²) < 4.78 is 7.50. The Balaban J connectivity index is 1.93. The van der Waals surface area contributed by atoms with Crippen LogP contribution in [0.15, 0.2) is 36.8 Å². The van der Waals surface area contributed by atoms with Crippen molar-refractivity contribution in [1.82, 2.24) is 9.55 Å². The molecular formula is C16H19N3O2. The van der Waals surface area contributed by atoms with Gasteiger partial charge in [-0.25, -0.2) is 4.98 Å². The number of hydrogen-bond donors (Lipinski definition) is 0. The smallest absolute Gasteiger partial charge is 0.278 e. The molecule has 0 spiro atoms. The summed E-state index contributed by atoms with van der Waals surface area (Å²) in [5, 5.41) is 0. The Hall–Kier alpha value is -2.14. The number of benzene rings is 1. The first-order valence-electron chi connectivity index (χ1n) is 7.18. The van der Waals surface area contributed by atoms with Gasteiger partial charge in [-0.1, -0.05) is 18.2 Å². The summed E-state index contributed by atoms with van der Waals surface area (Å²) in [7, 11) is 0. The van der Waals surface area contributed by atoms with Gasteiger partial charge in [-0.05, 0) is 19.9 Å². The van der Waals surface area contributed by atoms with Crippen LogP contribution >= 0.6 is 0 Å². The van der Waals surface area contributed by atoms with E-state index in [0.717, 1.165) is 11.3 Å². The lowest BCUT2D eigenvalue weighted by molar-refractivity contribution is 0.0961. The number of ether oxygens (including phenoxy) is 1. The molecule has 2 heterocycles. The van der Waals surface area contributed by atoms with E-state index >= 15 is 0 Å². The van der Waals surface area contributed by atoms with Crippen LogP contribution in [0.25, 0.3) is 0 Å². The van der Waals surface area contributed by atoms with Crippen LogP contribution in [-0.2, 0) is 11.3 Å². The number of imidazole rings is 1. The van der Waals surface area contributed by atoms with Crippen LogP contribution in [0.5, 0.6) is 0 Å². The predicted molar refractivity (Wildman–Crippen MR) is 80.4 cm³/mol. The maximum Gasteiger partial charge on any atom is 0.278 e. The number of para-hydroxylation sites is 1. The molecule has 0 N–H and O–H groups in total. The van der Waals surface area contributed by atoms with Crippen molar-refractivity contribution < 1.29 is 9.53 Å². The summed E-state index contributed by atoms with van der Waals surface area (Å²) in [5.74, 6) is -0.0765. The standard InChI is InChI=1S/C16H19N3O2/c1-12(2)18-9-14(17-11-18)16(20)19-7-8-21-10-13-5-3-4-6-15(13)19/h3-6,9,11-12H,7-8,10H2,1-2H3. The van der Waals surface area contributed by atoms with Crippen molar-refractivity contribution in [2.75, 3.05) is 18.1 Å². The molecule has 0 radical (unpaired) electrons. The maximum atomic E-state index is 12.7. The molecule has 0 aliphatic carbocycles. The van der Waals surface area contributed by atoms with Crippen molar-refractivity contribution in [2.24, 2.45) is 0 Å². The first-order chi connectivity index (χ1) is 10.2. The van der Waals surface area contributed by atoms with Crippen molar-refractivity contribution in [3.05, 3.63) is 48.0 Å². The molecule has 0 saturated heterocycles. The Morgan fingerprint density at radius 3 is 2.90 bits per heavy atom. The lowest BCUT2D eigenvalue weighted by Crippen LogP contribution is -2.33. The average molecular weight is 285 g/mol. The Kier molecular flexibility index (Phi) is 3.75. The lowest BCUT2D eigenvalue weighted by Gasteiger charge is -2.21. The topological polar surface area (TPSA) is 47.4 Å². The van der Waals surface area contributed by atoms with Gasteiger partial charge in [-0.3, -0.25) is 4.79 Å². The summed E-state index contributed by atoms with van der Waals surface area (Å²) in [6.07, 6.45) is 3.51. The monoisotopic (exact) mass is 285 g/mol. The highest BCUT2D eigenvalue weighted by Crippen LogP contribution is 2.25. The van der Waals surface area contributed by atoms with Crippen LogP contribution in [0.4, 0.5) is 5.69 Å². The Bertz CT molecular complexity index is 648. The molecule has 0 unspecified atom stereocenters. The molecule has 3 rings (SSSR count). The maximum absolute atomic E-state index is 12.7. The van der Waals surface area contributed by atoms with Gasteiger partial charge in [-0.2, -0.15) is 0 Å². The zero-order valence-electron chi connectivity index (χ0n) is 12.3. The number of carbonyl (C=O) groups excluding carboxylic acids is 1. The summed E-state index contributed by atoms with van der Waals surface area (Å²) in [6, 6.07) is 8.15. The van der Waals surface area contributed by atoms with Gasteiger partial charge in [-0.15, -0.1) is 0 Å². The van der Waals surface area contributed by atoms with Crippen molar-refractivity contribution in [2.45, 2.75) is 26.5 Å². The molecule has 0 bridgehead atoms. The molecule has 0 fully saturated rings. The number of rotatable bonds is 2. The summed E-state index contributed by atoms with van der Waals surface area (Å²) in [6.45, 7) is 5.74. The van der Waals surface area contributed by atoms with Crippen LogP contribution < -0.4 is 4.90 Å². The summed E-state index contributed by atoms with van der Waals surface area (Å²) >= 11 is 0. The Labute approximate surface area is 124 Å². The SMILES string of the molecule is CC(C)n1cnc(C(=O)N2CCOCc3ccccc32)c1. The quantitative estimate of drug-likeness (QED) is 0.852. The zero-order valence-corrected chi connectivity index (χ0v) is 12.3. The normalized spacial score (nSPS) is 14.9. The highest BCUT2D eigenvalue weighted by molar-refractivity contribution is 6.05. The van der Waals surface area contributed by atoms with E-state index in [9.17, 15) is 4.79 Å². The van der Waals surface area contributed by atoms with Gasteiger partial charge < -0.3 is 14.2 Å². The van der Waals surface area contributed by atoms with Crippen LogP contribution in [0.1, 0.15) is 35.9 Å². The van der Waals surface area contributed by atoms with E-state index in [-0.39, 0.29) is 5.91 Å². The van der Waals surface area contributed by atoms with E-state index in [2.05, 4.69) is 18.8 Å². The first-order valence-corrected chi connectivity index (χ1v) is 7.18. The molecule has 2 aromatic rings. The highest BCUT2D eigenvalue weighted by atomic mass is 16.5. The van der Waals surface area contributed by atoms with E-state index in [1.165, 1.54) is 0 Å². The zero-order chi connectivity index (χ0) is 14.8. The van der Waals surface area contributed by atoms with Gasteiger partial charge >= 0.3 is 0 Å². The fourth-order valence-corrected chi connectivity index (χ4v) is 2.43. The van der Waals surface area contributed by atoms with Gasteiger partial charge in [0.05, 0.1) is 19.5 Å². The van der Waals surface area contributed by atoms with Gasteiger partial charge in [0.25, 0.3) is 5.91 Å². The van der Waals surface area contributed by atoms with Gasteiger partial charge in [0.1, 0.15) is 5.69 Å². The molecule has 5 nitrogen and oxygen atoms in total. The molecule has 21 heavy (non-hydrogen) atoms. The predicted octanol–water partition coefficient (Wildman–Crippen LogP) is 2.64. The second-order valence-corrected chi connectivity index (χ2v) is 5.44. The van der Waals surface area contributed by atoms with Gasteiger partial charge in [0, 0.05) is 30.0 Å². The molecule has 110 valence electrons. The minimum Gasteiger partial charge on any atom is -0.375 e. The molecule has 0 atom stereocenters. The Morgan fingerprint density at radius 1 is 1.33 bits per heavy atom. The molecule has 1 aliphatic heterocycles. The number of anilines is 1. The van der Waals surface area contributed by atoms with Crippen LogP contribution in [0.3, 0.4) is 0 Å². The number of hydrogen-bond acceptors (Lipinski definition) is 3. The van der Waals surface area contributed by atoms with Crippen molar-refractivity contribution in [3.8, 4) is 0 Å². The van der Waals surface area contributed by atoms with Gasteiger partial charge in [0.2, 0.25) is 0 Å². The van der Waals surface area contributed by atoms with Crippen molar-refractivity contribution in [1.29, 1.82) is 0 Å². The molecule has 5 heteroatoms. The minimum absolute atomic E-state index is 0.0765. The third-order valence-corrected chi connectivity index (χ3v) is 3.66. The highest BCUT2D eigenvalue weighted by Gasteiger charge is 2.24. The van der Waals surface area contributed by atoms with E-state index in [1.54, 1.807) is 17.4 Å². The molecular weight excluding hydrogens is 266 g/mol. The first kappa shape index (κ1) is 13.8. The van der Waals surface area contributed by atoms with E-state index in [4.69, 9.17) is 4.74 Å². The third kappa shape index (κ3) is 2.69. The fourth-order valence-electron chi connectivity index (χ4n) is 2.43. The Morgan fingerprint density at radius 2 is 2.14 bits per heavy atom. The largest absolute Gasteiger partial charge is 0.375 e. The van der Waals surface area contributed by atoms with Crippen LogP contribution in [0, 0.1) is 0 Å². The third-order valence-electron chi connectivity index (χ3n) is 3.66. The second kappa shape index (κ2) is 5.69. The molecule has 1 amide bonds. The number of carbonyl (C=O) groups is 1. The lowest BCUT2D eigenvalue weighted by atomic mass is 10.1. The molecule has 0 saturated carbocycles. The summed E-state index contributed by atoms with van der Waals surface area (Å²) in [4.78, 5) is 18.8. The molecule has 1 aromatic carbocycles. The molecule has 1 aromatic heterocycles. The van der Waals surface area contributed by atoms with Crippen molar-refractivity contribution >= 4 is 11.6 Å². The average Bonchev–Trinajstić information content (AvgIpc) is 2.88. The number of aromatic nitrogens is 2. The van der Waals surface area contributed by atoms with E-state index in [1.807, 2.05) is 28.8 Å². The number of nitrogens with zero attached hydrogens (tertiary/aromatic N) is 3. The number of fused-ring (bicyclic) bond motifs is 1. The van der Waals surface area contributed by atoms with Crippen molar-refractivity contribution in [3.63, 3.8) is 0 Å². The summed E-state index contributed by atoms with van der Waals surface area (Å²) in [5.41, 5.74) is 2.42. The fraction of sp³-hybridized carbons (Fsp3) is 0.375. The number of amides is 1. The van der Waals surface area contributed by atoms with Gasteiger partial charge in [0.15, 0.2) is 0 Å². The molecule has 1 aliphatic rings. The van der Waals surface area contributed by atoms with E-state index in [0.29, 0.717) is 31.5 Å². The van der Waals surface area contributed by atoms with Crippen LogP contribution in [-0.4, -0.2) is 28.6 Å². The van der Waals surface area contributed by atoms with E-state index < -0.39 is 0 Å². The second-order valence-electron chi connectivity index (χ2n) is 5.44. The van der Waals surface area contributed by atoms with Crippen LogP contribution in [0.2, 0.25) is 0 Å².